The van der Waals surface area contributed by atoms with Gasteiger partial charge in [0.15, 0.2) is 4.77 Å². The number of imidazole rings is 1. The van der Waals surface area contributed by atoms with Gasteiger partial charge in [-0.05, 0) is 42.9 Å². The van der Waals surface area contributed by atoms with Crippen LogP contribution < -0.4 is 4.74 Å². The van der Waals surface area contributed by atoms with E-state index in [1.54, 1.807) is 7.11 Å². The molecule has 3 rings (SSSR count). The van der Waals surface area contributed by atoms with E-state index in [2.05, 4.69) is 27.4 Å². The van der Waals surface area contributed by atoms with Crippen LogP contribution in [0.25, 0.3) is 11.0 Å². The van der Waals surface area contributed by atoms with Gasteiger partial charge in [0.05, 0.1) is 18.1 Å². The van der Waals surface area contributed by atoms with Crippen LogP contribution in [0.1, 0.15) is 12.8 Å². The topological polar surface area (TPSA) is 29.9 Å². The van der Waals surface area contributed by atoms with E-state index in [4.69, 9.17) is 17.0 Å². The lowest BCUT2D eigenvalue weighted by Crippen LogP contribution is -2.09. The number of ether oxygens (including phenoxy) is 1. The van der Waals surface area contributed by atoms with E-state index in [9.17, 15) is 0 Å². The minimum atomic E-state index is 0.696. The van der Waals surface area contributed by atoms with Crippen LogP contribution in [0.2, 0.25) is 0 Å². The highest BCUT2D eigenvalue weighted by Crippen LogP contribution is 2.29. The Labute approximate surface area is 116 Å². The number of hydrogen-bond acceptors (Lipinski definition) is 3. The molecule has 1 N–H and O–H groups in total. The Balaban J connectivity index is 2.02. The van der Waals surface area contributed by atoms with Crippen molar-refractivity contribution in [2.24, 2.45) is 0 Å². The van der Waals surface area contributed by atoms with Crippen molar-refractivity contribution in [2.45, 2.75) is 24.6 Å². The van der Waals surface area contributed by atoms with Crippen LogP contribution in [-0.4, -0.2) is 27.7 Å². The number of aromatic nitrogens is 2. The van der Waals surface area contributed by atoms with Crippen molar-refractivity contribution in [1.29, 1.82) is 0 Å². The highest BCUT2D eigenvalue weighted by Gasteiger charge is 2.17. The molecule has 18 heavy (non-hydrogen) atoms. The van der Waals surface area contributed by atoms with Crippen LogP contribution in [-0.2, 0) is 6.54 Å². The van der Waals surface area contributed by atoms with Crippen molar-refractivity contribution in [2.75, 3.05) is 12.9 Å². The third-order valence-electron chi connectivity index (χ3n) is 3.39. The lowest BCUT2D eigenvalue weighted by atomic mass is 10.2. The van der Waals surface area contributed by atoms with E-state index < -0.39 is 0 Å². The Hall–Kier alpha value is -0.940. The molecule has 2 heterocycles. The molecule has 0 spiro atoms. The normalized spacial score (nSPS) is 19.5. The fourth-order valence-electron chi connectivity index (χ4n) is 2.43. The van der Waals surface area contributed by atoms with Crippen LogP contribution in [0.15, 0.2) is 18.2 Å². The van der Waals surface area contributed by atoms with Crippen molar-refractivity contribution in [3.05, 3.63) is 23.0 Å². The first kappa shape index (κ1) is 12.1. The number of methoxy groups -OCH3 is 1. The monoisotopic (exact) mass is 280 g/mol. The van der Waals surface area contributed by atoms with Crippen molar-refractivity contribution >= 4 is 35.0 Å². The molecular formula is C13H16N2OS2. The Kier molecular flexibility index (Phi) is 3.35. The van der Waals surface area contributed by atoms with E-state index in [0.717, 1.165) is 28.1 Å². The zero-order valence-corrected chi connectivity index (χ0v) is 11.9. The minimum Gasteiger partial charge on any atom is -0.497 e. The largest absolute Gasteiger partial charge is 0.497 e. The highest BCUT2D eigenvalue weighted by atomic mass is 32.2. The van der Waals surface area contributed by atoms with Gasteiger partial charge in [0.1, 0.15) is 5.75 Å². The molecule has 0 saturated carbocycles. The van der Waals surface area contributed by atoms with Crippen LogP contribution >= 0.6 is 24.0 Å². The van der Waals surface area contributed by atoms with E-state index in [1.165, 1.54) is 18.6 Å². The first-order valence-electron chi connectivity index (χ1n) is 6.16. The van der Waals surface area contributed by atoms with Gasteiger partial charge in [0.2, 0.25) is 0 Å². The quantitative estimate of drug-likeness (QED) is 0.871. The van der Waals surface area contributed by atoms with Gasteiger partial charge in [-0.2, -0.15) is 11.8 Å². The summed E-state index contributed by atoms with van der Waals surface area (Å²) in [6.45, 7) is 0.997. The Morgan fingerprint density at radius 2 is 2.44 bits per heavy atom. The maximum absolute atomic E-state index is 5.42. The van der Waals surface area contributed by atoms with Crippen LogP contribution in [0.5, 0.6) is 5.75 Å². The van der Waals surface area contributed by atoms with Gasteiger partial charge in [0.25, 0.3) is 0 Å². The molecule has 2 aromatic rings. The SMILES string of the molecule is COc1ccc2[nH]c(=S)n(CC3CCCS3)c2c1. The predicted molar refractivity (Wildman–Crippen MR) is 79.2 cm³/mol. The molecule has 1 unspecified atom stereocenters. The van der Waals surface area contributed by atoms with E-state index in [-0.39, 0.29) is 0 Å². The molecule has 5 heteroatoms. The third kappa shape index (κ3) is 2.17. The van der Waals surface area contributed by atoms with Crippen molar-refractivity contribution in [1.82, 2.24) is 9.55 Å². The summed E-state index contributed by atoms with van der Waals surface area (Å²) in [6.07, 6.45) is 2.62. The molecule has 0 bridgehead atoms. The molecule has 1 aliphatic rings. The predicted octanol–water partition coefficient (Wildman–Crippen LogP) is 3.60. The van der Waals surface area contributed by atoms with E-state index in [0.29, 0.717) is 5.25 Å². The zero-order valence-electron chi connectivity index (χ0n) is 10.3. The van der Waals surface area contributed by atoms with Crippen LogP contribution in [0.4, 0.5) is 0 Å². The van der Waals surface area contributed by atoms with Crippen LogP contribution in [0.3, 0.4) is 0 Å². The summed E-state index contributed by atoms with van der Waals surface area (Å²) in [5, 5.41) is 0.696. The molecule has 1 aliphatic heterocycles. The first-order chi connectivity index (χ1) is 8.78. The number of thioether (sulfide) groups is 1. The lowest BCUT2D eigenvalue weighted by molar-refractivity contribution is 0.415. The molecule has 96 valence electrons. The average Bonchev–Trinajstić information content (AvgIpc) is 2.99. The average molecular weight is 280 g/mol. The number of nitrogens with zero attached hydrogens (tertiary/aromatic N) is 1. The number of H-pyrrole nitrogens is 1. The summed E-state index contributed by atoms with van der Waals surface area (Å²) in [7, 11) is 1.69. The molecule has 1 atom stereocenters. The number of nitrogens with one attached hydrogen (secondary N) is 1. The fourth-order valence-corrected chi connectivity index (χ4v) is 3.97. The second-order valence-electron chi connectivity index (χ2n) is 4.56. The Morgan fingerprint density at radius 1 is 1.56 bits per heavy atom. The molecule has 0 radical (unpaired) electrons. The third-order valence-corrected chi connectivity index (χ3v) is 5.10. The van der Waals surface area contributed by atoms with Gasteiger partial charge < -0.3 is 14.3 Å². The summed E-state index contributed by atoms with van der Waals surface area (Å²) < 4.78 is 8.31. The van der Waals surface area contributed by atoms with E-state index in [1.807, 2.05) is 12.1 Å². The van der Waals surface area contributed by atoms with Gasteiger partial charge in [-0.3, -0.25) is 0 Å². The van der Waals surface area contributed by atoms with Gasteiger partial charge in [-0.15, -0.1) is 0 Å². The summed E-state index contributed by atoms with van der Waals surface area (Å²) in [4.78, 5) is 3.27. The second-order valence-corrected chi connectivity index (χ2v) is 6.35. The maximum atomic E-state index is 5.42. The molecule has 1 saturated heterocycles. The Bertz CT molecular complexity index is 611. The number of rotatable bonds is 3. The Morgan fingerprint density at radius 3 is 3.17 bits per heavy atom. The fraction of sp³-hybridized carbons (Fsp3) is 0.462. The lowest BCUT2D eigenvalue weighted by Gasteiger charge is -2.10. The summed E-state index contributed by atoms with van der Waals surface area (Å²) >= 11 is 7.48. The maximum Gasteiger partial charge on any atom is 0.178 e. The van der Waals surface area contributed by atoms with Gasteiger partial charge in [-0.25, -0.2) is 0 Å². The number of hydrogen-bond donors (Lipinski definition) is 1. The summed E-state index contributed by atoms with van der Waals surface area (Å²) in [6, 6.07) is 6.05. The minimum absolute atomic E-state index is 0.696. The molecular weight excluding hydrogens is 264 g/mol. The van der Waals surface area contributed by atoms with Gasteiger partial charge in [-0.1, -0.05) is 0 Å². The summed E-state index contributed by atoms with van der Waals surface area (Å²) in [5.41, 5.74) is 2.23. The van der Waals surface area contributed by atoms with E-state index >= 15 is 0 Å². The second kappa shape index (κ2) is 4.97. The highest BCUT2D eigenvalue weighted by molar-refractivity contribution is 8.00. The standard InChI is InChI=1S/C13H16N2OS2/c1-16-9-4-5-11-12(7-9)15(13(17)14-11)8-10-3-2-6-18-10/h4-5,7,10H,2-3,6,8H2,1H3,(H,14,17). The first-order valence-corrected chi connectivity index (χ1v) is 7.62. The molecule has 0 aliphatic carbocycles. The molecule has 1 aromatic carbocycles. The smallest absolute Gasteiger partial charge is 0.178 e. The molecule has 1 aromatic heterocycles. The molecule has 1 fully saturated rings. The number of aromatic amines is 1. The molecule has 0 amide bonds. The zero-order chi connectivity index (χ0) is 12.5. The van der Waals surface area contributed by atoms with Crippen molar-refractivity contribution in [3.63, 3.8) is 0 Å². The molecule has 3 nitrogen and oxygen atoms in total. The van der Waals surface area contributed by atoms with Gasteiger partial charge >= 0.3 is 0 Å². The van der Waals surface area contributed by atoms with Crippen molar-refractivity contribution < 1.29 is 4.74 Å². The number of fused-ring (bicyclic) bond motifs is 1. The van der Waals surface area contributed by atoms with Crippen LogP contribution in [0, 0.1) is 4.77 Å². The van der Waals surface area contributed by atoms with Crippen molar-refractivity contribution in [3.8, 4) is 5.75 Å². The number of benzene rings is 1. The summed E-state index contributed by atoms with van der Waals surface area (Å²) in [5.74, 6) is 2.16. The van der Waals surface area contributed by atoms with Gasteiger partial charge in [0, 0.05) is 17.9 Å².